The molecule has 2 aromatic rings. The molecular weight excluding hydrogens is 390 g/mol. The minimum atomic E-state index is -3.80. The van der Waals surface area contributed by atoms with Crippen LogP contribution < -0.4 is 19.3 Å². The molecule has 0 spiro atoms. The van der Waals surface area contributed by atoms with E-state index in [4.69, 9.17) is 4.74 Å². The highest BCUT2D eigenvalue weighted by molar-refractivity contribution is 7.92. The molecule has 0 radical (unpaired) electrons. The Balaban J connectivity index is 1.57. The number of nitrogens with one attached hydrogen (secondary N) is 1. The molecule has 2 aliphatic heterocycles. The summed E-state index contributed by atoms with van der Waals surface area (Å²) in [6, 6.07) is 12.0. The number of hydrogen-bond acceptors (Lipinski definition) is 5. The highest BCUT2D eigenvalue weighted by atomic mass is 32.2. The predicted octanol–water partition coefficient (Wildman–Crippen LogP) is 3.22. The maximum absolute atomic E-state index is 12.9. The van der Waals surface area contributed by atoms with Crippen molar-refractivity contribution in [3.05, 3.63) is 42.5 Å². The number of amides is 1. The number of ether oxygens (including phenoxy) is 1. The van der Waals surface area contributed by atoms with Gasteiger partial charge in [0.1, 0.15) is 5.75 Å². The summed E-state index contributed by atoms with van der Waals surface area (Å²) >= 11 is 0. The summed E-state index contributed by atoms with van der Waals surface area (Å²) in [5.74, 6) is 0.456. The van der Waals surface area contributed by atoms with Crippen LogP contribution in [-0.4, -0.2) is 41.1 Å². The molecule has 7 nitrogen and oxygen atoms in total. The number of methoxy groups -OCH3 is 1. The third kappa shape index (κ3) is 4.03. The van der Waals surface area contributed by atoms with E-state index in [0.29, 0.717) is 30.1 Å². The lowest BCUT2D eigenvalue weighted by Crippen LogP contribution is -2.25. The van der Waals surface area contributed by atoms with Crippen molar-refractivity contribution in [1.29, 1.82) is 0 Å². The molecule has 2 saturated heterocycles. The average Bonchev–Trinajstić information content (AvgIpc) is 3.39. The second-order valence-corrected chi connectivity index (χ2v) is 9.01. The zero-order valence-corrected chi connectivity index (χ0v) is 17.2. The van der Waals surface area contributed by atoms with Gasteiger partial charge < -0.3 is 14.5 Å². The minimum Gasteiger partial charge on any atom is -0.495 e. The normalized spacial score (nSPS) is 17.1. The third-order valence-electron chi connectivity index (χ3n) is 5.42. The maximum Gasteiger partial charge on any atom is 0.261 e. The van der Waals surface area contributed by atoms with Crippen LogP contribution in [0.25, 0.3) is 0 Å². The fraction of sp³-hybridized carbons (Fsp3) is 0.381. The summed E-state index contributed by atoms with van der Waals surface area (Å²) in [6.45, 7) is 2.63. The van der Waals surface area contributed by atoms with Gasteiger partial charge in [-0.25, -0.2) is 8.42 Å². The molecule has 29 heavy (non-hydrogen) atoms. The first-order valence-corrected chi connectivity index (χ1v) is 11.3. The van der Waals surface area contributed by atoms with Crippen molar-refractivity contribution in [2.75, 3.05) is 41.3 Å². The van der Waals surface area contributed by atoms with Gasteiger partial charge in [0.15, 0.2) is 0 Å². The monoisotopic (exact) mass is 415 g/mol. The molecule has 8 heteroatoms. The first-order chi connectivity index (χ1) is 14.0. The van der Waals surface area contributed by atoms with Crippen molar-refractivity contribution in [2.24, 2.45) is 0 Å². The van der Waals surface area contributed by atoms with E-state index >= 15 is 0 Å². The predicted molar refractivity (Wildman–Crippen MR) is 113 cm³/mol. The van der Waals surface area contributed by atoms with Crippen LogP contribution in [0.4, 0.5) is 17.1 Å². The fourth-order valence-electron chi connectivity index (χ4n) is 3.88. The first kappa shape index (κ1) is 19.6. The lowest BCUT2D eigenvalue weighted by atomic mass is 10.2. The van der Waals surface area contributed by atoms with Gasteiger partial charge in [-0.2, -0.15) is 0 Å². The molecule has 1 N–H and O–H groups in total. The Kier molecular flexibility index (Phi) is 5.36. The summed E-state index contributed by atoms with van der Waals surface area (Å²) in [4.78, 5) is 16.1. The van der Waals surface area contributed by atoms with E-state index in [2.05, 4.69) is 9.62 Å². The molecular formula is C21H25N3O4S. The Morgan fingerprint density at radius 2 is 1.69 bits per heavy atom. The Morgan fingerprint density at radius 3 is 2.31 bits per heavy atom. The van der Waals surface area contributed by atoms with E-state index in [1.54, 1.807) is 23.1 Å². The zero-order valence-electron chi connectivity index (χ0n) is 16.4. The lowest BCUT2D eigenvalue weighted by molar-refractivity contribution is -0.117. The van der Waals surface area contributed by atoms with Crippen LogP contribution in [0, 0.1) is 0 Å². The number of hydrogen-bond donors (Lipinski definition) is 1. The minimum absolute atomic E-state index is 0.0247. The third-order valence-corrected chi connectivity index (χ3v) is 6.79. The topological polar surface area (TPSA) is 79.0 Å². The van der Waals surface area contributed by atoms with Crippen LogP contribution in [0.2, 0.25) is 0 Å². The van der Waals surface area contributed by atoms with Crippen molar-refractivity contribution in [3.8, 4) is 5.75 Å². The number of benzene rings is 2. The van der Waals surface area contributed by atoms with Gasteiger partial charge in [-0.3, -0.25) is 9.52 Å². The van der Waals surface area contributed by atoms with Gasteiger partial charge in [0, 0.05) is 37.4 Å². The Morgan fingerprint density at radius 1 is 0.966 bits per heavy atom. The maximum atomic E-state index is 12.9. The molecule has 0 unspecified atom stereocenters. The number of sulfonamides is 1. The van der Waals surface area contributed by atoms with Crippen LogP contribution in [0.3, 0.4) is 0 Å². The van der Waals surface area contributed by atoms with Crippen molar-refractivity contribution in [2.45, 2.75) is 30.6 Å². The second kappa shape index (κ2) is 7.94. The van der Waals surface area contributed by atoms with Crippen LogP contribution in [0.15, 0.2) is 47.4 Å². The number of nitrogens with zero attached hydrogens (tertiary/aromatic N) is 2. The number of carbonyl (C=O) groups is 1. The smallest absolute Gasteiger partial charge is 0.261 e. The van der Waals surface area contributed by atoms with Gasteiger partial charge in [0.2, 0.25) is 5.91 Å². The fourth-order valence-corrected chi connectivity index (χ4v) is 4.96. The highest BCUT2D eigenvalue weighted by Gasteiger charge is 2.26. The van der Waals surface area contributed by atoms with Crippen molar-refractivity contribution in [3.63, 3.8) is 0 Å². The Hall–Kier alpha value is -2.74. The summed E-state index contributed by atoms with van der Waals surface area (Å²) < 4.78 is 33.8. The number of carbonyl (C=O) groups excluding carboxylic acids is 1. The van der Waals surface area contributed by atoms with Crippen molar-refractivity contribution in [1.82, 2.24) is 0 Å². The van der Waals surface area contributed by atoms with E-state index in [9.17, 15) is 13.2 Å². The second-order valence-electron chi connectivity index (χ2n) is 7.33. The molecule has 0 atom stereocenters. The van der Waals surface area contributed by atoms with Crippen LogP contribution in [0.5, 0.6) is 5.75 Å². The molecule has 1 amide bonds. The van der Waals surface area contributed by atoms with Gasteiger partial charge in [0.05, 0.1) is 17.7 Å². The summed E-state index contributed by atoms with van der Waals surface area (Å²) in [5, 5.41) is 0. The van der Waals surface area contributed by atoms with Gasteiger partial charge >= 0.3 is 0 Å². The van der Waals surface area contributed by atoms with E-state index in [0.717, 1.165) is 25.2 Å². The Labute approximate surface area is 171 Å². The molecule has 2 aliphatic rings. The average molecular weight is 416 g/mol. The van der Waals surface area contributed by atoms with Gasteiger partial charge in [-0.05, 0) is 61.7 Å². The van der Waals surface area contributed by atoms with Crippen LogP contribution in [-0.2, 0) is 14.8 Å². The lowest BCUT2D eigenvalue weighted by Gasteiger charge is -2.20. The van der Waals surface area contributed by atoms with Crippen LogP contribution in [0.1, 0.15) is 25.7 Å². The largest absolute Gasteiger partial charge is 0.495 e. The van der Waals surface area contributed by atoms with Gasteiger partial charge in [-0.15, -0.1) is 0 Å². The Bertz CT molecular complexity index is 999. The van der Waals surface area contributed by atoms with Crippen LogP contribution >= 0.6 is 0 Å². The molecule has 154 valence electrons. The van der Waals surface area contributed by atoms with Gasteiger partial charge in [-0.1, -0.05) is 0 Å². The standard InChI is InChI=1S/C21H25N3O4S/c1-28-20-11-10-18(15-19(20)24-14-4-5-21(24)25)29(26,27)22-16-6-8-17(9-7-16)23-12-2-3-13-23/h6-11,15,22H,2-5,12-14H2,1H3. The molecule has 0 aliphatic carbocycles. The molecule has 0 aromatic heterocycles. The summed E-state index contributed by atoms with van der Waals surface area (Å²) in [5.41, 5.74) is 2.09. The quantitative estimate of drug-likeness (QED) is 0.784. The molecule has 2 fully saturated rings. The summed E-state index contributed by atoms with van der Waals surface area (Å²) in [6.07, 6.45) is 3.59. The van der Waals surface area contributed by atoms with Gasteiger partial charge in [0.25, 0.3) is 10.0 Å². The highest BCUT2D eigenvalue weighted by Crippen LogP contribution is 2.34. The van der Waals surface area contributed by atoms with E-state index in [1.807, 2.05) is 12.1 Å². The van der Waals surface area contributed by atoms with Crippen molar-refractivity contribution < 1.29 is 17.9 Å². The molecule has 0 bridgehead atoms. The van der Waals surface area contributed by atoms with Crippen molar-refractivity contribution >= 4 is 33.0 Å². The molecule has 2 aromatic carbocycles. The van der Waals surface area contributed by atoms with E-state index in [1.165, 1.54) is 32.1 Å². The first-order valence-electron chi connectivity index (χ1n) is 9.84. The SMILES string of the molecule is COc1ccc(S(=O)(=O)Nc2ccc(N3CCCC3)cc2)cc1N1CCCC1=O. The summed E-state index contributed by atoms with van der Waals surface area (Å²) in [7, 11) is -2.29. The van der Waals surface area contributed by atoms with E-state index in [-0.39, 0.29) is 10.8 Å². The zero-order chi connectivity index (χ0) is 20.4. The van der Waals surface area contributed by atoms with E-state index < -0.39 is 10.0 Å². The molecule has 4 rings (SSSR count). The number of anilines is 3. The number of rotatable bonds is 6. The molecule has 2 heterocycles. The molecule has 0 saturated carbocycles.